The van der Waals surface area contributed by atoms with Crippen molar-refractivity contribution in [1.29, 1.82) is 0 Å². The topological polar surface area (TPSA) is 105 Å². The Morgan fingerprint density at radius 1 is 1.21 bits per heavy atom. The van der Waals surface area contributed by atoms with Gasteiger partial charge >= 0.3 is 5.97 Å². The number of aryl methyl sites for hydroxylation is 1. The molecule has 1 aromatic heterocycles. The van der Waals surface area contributed by atoms with Crippen LogP contribution in [0.1, 0.15) is 74.5 Å². The van der Waals surface area contributed by atoms with Crippen LogP contribution in [0, 0.1) is 12.8 Å². The summed E-state index contributed by atoms with van der Waals surface area (Å²) in [5.74, 6) is 0.766. The van der Waals surface area contributed by atoms with Crippen molar-refractivity contribution in [2.75, 3.05) is 10.6 Å². The van der Waals surface area contributed by atoms with Crippen molar-refractivity contribution in [3.05, 3.63) is 41.1 Å². The number of hydrogen-bond acceptors (Lipinski definition) is 7. The number of ether oxygens (including phenoxy) is 1. The minimum absolute atomic E-state index is 0.0706. The van der Waals surface area contributed by atoms with Crippen LogP contribution in [0.4, 0.5) is 17.5 Å². The normalized spacial score (nSPS) is 20.1. The molecule has 0 spiro atoms. The van der Waals surface area contributed by atoms with Crippen molar-refractivity contribution in [1.82, 2.24) is 15.3 Å². The van der Waals surface area contributed by atoms with E-state index in [1.165, 1.54) is 0 Å². The Bertz CT molecular complexity index is 1050. The lowest BCUT2D eigenvalue weighted by Crippen LogP contribution is -2.36. The lowest BCUT2D eigenvalue weighted by Gasteiger charge is -2.32. The van der Waals surface area contributed by atoms with Crippen LogP contribution in [-0.2, 0) is 16.1 Å². The van der Waals surface area contributed by atoms with Crippen LogP contribution in [0.3, 0.4) is 0 Å². The fourth-order valence-electron chi connectivity index (χ4n) is 4.55. The van der Waals surface area contributed by atoms with E-state index in [4.69, 9.17) is 4.74 Å². The van der Waals surface area contributed by atoms with Gasteiger partial charge < -0.3 is 20.7 Å². The maximum absolute atomic E-state index is 12.5. The Labute approximate surface area is 194 Å². The number of aromatic nitrogens is 2. The largest absolute Gasteiger partial charge is 0.460 e. The van der Waals surface area contributed by atoms with Crippen LogP contribution in [0.5, 0.6) is 0 Å². The van der Waals surface area contributed by atoms with Gasteiger partial charge in [0.25, 0.3) is 5.91 Å². The highest BCUT2D eigenvalue weighted by atomic mass is 16.6. The molecule has 2 heterocycles. The summed E-state index contributed by atoms with van der Waals surface area (Å²) in [4.78, 5) is 34.2. The van der Waals surface area contributed by atoms with E-state index in [0.717, 1.165) is 36.9 Å². The summed E-state index contributed by atoms with van der Waals surface area (Å²) in [6, 6.07) is 8.00. The van der Waals surface area contributed by atoms with Gasteiger partial charge in [0, 0.05) is 11.7 Å². The number of rotatable bonds is 6. The molecule has 1 aliphatic heterocycles. The molecule has 2 aromatic rings. The smallest absolute Gasteiger partial charge is 0.306 e. The number of amides is 1. The zero-order chi connectivity index (χ0) is 23.6. The number of esters is 1. The first kappa shape index (κ1) is 23.0. The second-order valence-corrected chi connectivity index (χ2v) is 9.98. The third-order valence-electron chi connectivity index (χ3n) is 5.98. The lowest BCUT2D eigenvalue weighted by atomic mass is 9.82. The lowest BCUT2D eigenvalue weighted by molar-refractivity contribution is -0.156. The number of hydrogen-bond donors (Lipinski definition) is 3. The summed E-state index contributed by atoms with van der Waals surface area (Å²) in [5, 5.41) is 9.61. The molecule has 2 aliphatic rings. The average molecular weight is 452 g/mol. The third-order valence-corrected chi connectivity index (χ3v) is 5.98. The van der Waals surface area contributed by atoms with Crippen molar-refractivity contribution < 1.29 is 14.3 Å². The van der Waals surface area contributed by atoms with Crippen molar-refractivity contribution in [3.8, 4) is 0 Å². The van der Waals surface area contributed by atoms with E-state index in [9.17, 15) is 9.59 Å². The molecule has 1 amide bonds. The van der Waals surface area contributed by atoms with Crippen LogP contribution < -0.4 is 16.0 Å². The van der Waals surface area contributed by atoms with E-state index >= 15 is 0 Å². The van der Waals surface area contributed by atoms with Gasteiger partial charge in [-0.15, -0.1) is 0 Å². The summed E-state index contributed by atoms with van der Waals surface area (Å²) >= 11 is 0. The van der Waals surface area contributed by atoms with E-state index in [0.29, 0.717) is 36.0 Å². The molecule has 0 saturated heterocycles. The summed E-state index contributed by atoms with van der Waals surface area (Å²) in [7, 11) is 0. The van der Waals surface area contributed by atoms with Crippen molar-refractivity contribution in [3.63, 3.8) is 0 Å². The molecule has 8 heteroatoms. The number of fused-ring (bicyclic) bond motifs is 1. The summed E-state index contributed by atoms with van der Waals surface area (Å²) in [6.45, 7) is 8.05. The molecule has 33 heavy (non-hydrogen) atoms. The van der Waals surface area contributed by atoms with Crippen LogP contribution >= 0.6 is 0 Å². The molecule has 8 nitrogen and oxygen atoms in total. The summed E-state index contributed by atoms with van der Waals surface area (Å²) in [6.07, 6.45) is 4.44. The molecule has 0 bridgehead atoms. The Balaban J connectivity index is 1.55. The quantitative estimate of drug-likeness (QED) is 0.556. The highest BCUT2D eigenvalue weighted by molar-refractivity contribution is 6.02. The number of nitrogens with zero attached hydrogens (tertiary/aromatic N) is 2. The van der Waals surface area contributed by atoms with Gasteiger partial charge in [0.1, 0.15) is 17.0 Å². The molecule has 176 valence electrons. The molecule has 1 aromatic carbocycles. The molecule has 0 unspecified atom stereocenters. The van der Waals surface area contributed by atoms with E-state index in [1.54, 1.807) is 0 Å². The highest BCUT2D eigenvalue weighted by Crippen LogP contribution is 2.32. The Morgan fingerprint density at radius 3 is 2.76 bits per heavy atom. The van der Waals surface area contributed by atoms with Gasteiger partial charge in [0.15, 0.2) is 0 Å². The number of carbonyl (C=O) groups excluding carboxylic acids is 2. The third kappa shape index (κ3) is 5.80. The number of nitrogens with one attached hydrogen (secondary N) is 3. The standard InChI is InChI=1S/C25H33N5O3/c1-15-8-7-10-17(12-15)27-22-21-19(14-26-23(21)32)29-24(30-22)28-18-11-6-5-9-16(18)13-20(31)33-25(2,3)4/h7-8,10,12,16,18H,5-6,9,11,13-14H2,1-4H3,(H,26,32)(H2,27,28,29,30)/t16-,18-/m1/s1. The Hall–Kier alpha value is -3.16. The SMILES string of the molecule is Cc1cccc(Nc2nc(N[C@@H]3CCCC[C@@H]3CC(=O)OC(C)(C)C)nc3c2C(=O)NC3)c1. The van der Waals surface area contributed by atoms with Crippen molar-refractivity contribution >= 4 is 29.3 Å². The number of carbonyl (C=O) groups is 2. The predicted octanol–water partition coefficient (Wildman–Crippen LogP) is 4.47. The molecule has 1 aliphatic carbocycles. The van der Waals surface area contributed by atoms with Crippen LogP contribution in [0.25, 0.3) is 0 Å². The Morgan fingerprint density at radius 2 is 2.00 bits per heavy atom. The van der Waals surface area contributed by atoms with Crippen LogP contribution in [0.2, 0.25) is 0 Å². The van der Waals surface area contributed by atoms with E-state index < -0.39 is 5.60 Å². The molecular formula is C25H33N5O3. The van der Waals surface area contributed by atoms with Gasteiger partial charge in [-0.25, -0.2) is 4.98 Å². The predicted molar refractivity (Wildman–Crippen MR) is 127 cm³/mol. The van der Waals surface area contributed by atoms with E-state index in [-0.39, 0.29) is 23.8 Å². The second-order valence-electron chi connectivity index (χ2n) is 9.98. The monoisotopic (exact) mass is 451 g/mol. The average Bonchev–Trinajstić information content (AvgIpc) is 3.09. The maximum atomic E-state index is 12.5. The minimum Gasteiger partial charge on any atom is -0.460 e. The molecule has 2 atom stereocenters. The molecule has 1 fully saturated rings. The van der Waals surface area contributed by atoms with Gasteiger partial charge in [-0.3, -0.25) is 9.59 Å². The minimum atomic E-state index is -0.492. The number of anilines is 3. The zero-order valence-electron chi connectivity index (χ0n) is 19.8. The zero-order valence-corrected chi connectivity index (χ0v) is 19.8. The van der Waals surface area contributed by atoms with Crippen molar-refractivity contribution in [2.24, 2.45) is 5.92 Å². The van der Waals surface area contributed by atoms with E-state index in [2.05, 4.69) is 25.9 Å². The van der Waals surface area contributed by atoms with E-state index in [1.807, 2.05) is 52.0 Å². The van der Waals surface area contributed by atoms with Gasteiger partial charge in [0.05, 0.1) is 18.7 Å². The molecule has 3 N–H and O–H groups in total. The summed E-state index contributed by atoms with van der Waals surface area (Å²) in [5.41, 5.74) is 2.64. The van der Waals surface area contributed by atoms with Crippen molar-refractivity contribution in [2.45, 2.75) is 78.0 Å². The van der Waals surface area contributed by atoms with Gasteiger partial charge in [-0.2, -0.15) is 4.98 Å². The molecule has 4 rings (SSSR count). The first-order valence-corrected chi connectivity index (χ1v) is 11.7. The Kier molecular flexibility index (Phi) is 6.54. The van der Waals surface area contributed by atoms with Crippen LogP contribution in [0.15, 0.2) is 24.3 Å². The molecule has 0 radical (unpaired) electrons. The summed E-state index contributed by atoms with van der Waals surface area (Å²) < 4.78 is 5.55. The maximum Gasteiger partial charge on any atom is 0.306 e. The van der Waals surface area contributed by atoms with Gasteiger partial charge in [-0.05, 0) is 64.2 Å². The first-order valence-electron chi connectivity index (χ1n) is 11.7. The molecule has 1 saturated carbocycles. The number of benzene rings is 1. The molecular weight excluding hydrogens is 418 g/mol. The first-order chi connectivity index (χ1) is 15.7. The van der Waals surface area contributed by atoms with Gasteiger partial charge in [-0.1, -0.05) is 25.0 Å². The fourth-order valence-corrected chi connectivity index (χ4v) is 4.55. The fraction of sp³-hybridized carbons (Fsp3) is 0.520. The van der Waals surface area contributed by atoms with Gasteiger partial charge in [0.2, 0.25) is 5.95 Å². The van der Waals surface area contributed by atoms with Crippen LogP contribution in [-0.4, -0.2) is 33.5 Å². The second kappa shape index (κ2) is 9.37. The highest BCUT2D eigenvalue weighted by Gasteiger charge is 2.31.